The van der Waals surface area contributed by atoms with E-state index in [1.165, 1.54) is 0 Å². The van der Waals surface area contributed by atoms with Crippen LogP contribution in [-0.4, -0.2) is 38.4 Å². The van der Waals surface area contributed by atoms with Gasteiger partial charge in [0.1, 0.15) is 12.1 Å². The minimum atomic E-state index is -0.0977. The molecule has 2 N–H and O–H groups in total. The van der Waals surface area contributed by atoms with Gasteiger partial charge in [0.2, 0.25) is 0 Å². The van der Waals surface area contributed by atoms with Gasteiger partial charge in [0, 0.05) is 25.7 Å². The van der Waals surface area contributed by atoms with Gasteiger partial charge >= 0.3 is 0 Å². The molecule has 84 valence electrons. The molecule has 2 aromatic rings. The zero-order chi connectivity index (χ0) is 11.3. The second-order valence-corrected chi connectivity index (χ2v) is 4.71. The largest absolute Gasteiger partial charge is 0.352 e. The first-order valence-corrected chi connectivity index (χ1v) is 5.23. The summed E-state index contributed by atoms with van der Waals surface area (Å²) in [6, 6.07) is 0. The van der Waals surface area contributed by atoms with Crippen molar-refractivity contribution in [1.82, 2.24) is 19.7 Å². The van der Waals surface area contributed by atoms with E-state index in [1.54, 1.807) is 17.2 Å². The van der Waals surface area contributed by atoms with Crippen molar-refractivity contribution in [1.29, 1.82) is 0 Å². The van der Waals surface area contributed by atoms with Crippen LogP contribution in [0.15, 0.2) is 12.5 Å². The molecule has 16 heavy (non-hydrogen) atoms. The molecule has 1 saturated heterocycles. The molecule has 0 amide bonds. The number of hydrogen-bond donors (Lipinski definition) is 1. The summed E-state index contributed by atoms with van der Waals surface area (Å²) in [7, 11) is 1.88. The van der Waals surface area contributed by atoms with Gasteiger partial charge < -0.3 is 10.6 Å². The number of fused-ring (bicyclic) bond motifs is 1. The Balaban J connectivity index is 2.05. The van der Waals surface area contributed by atoms with Crippen LogP contribution < -0.4 is 10.6 Å². The van der Waals surface area contributed by atoms with Crippen molar-refractivity contribution in [2.45, 2.75) is 12.5 Å². The van der Waals surface area contributed by atoms with Gasteiger partial charge in [0.15, 0.2) is 5.65 Å². The maximum atomic E-state index is 5.99. The number of anilines is 1. The molecule has 1 fully saturated rings. The summed E-state index contributed by atoms with van der Waals surface area (Å²) in [5.41, 5.74) is 6.75. The van der Waals surface area contributed by atoms with Gasteiger partial charge in [-0.2, -0.15) is 5.10 Å². The third-order valence-corrected chi connectivity index (χ3v) is 2.91. The fraction of sp³-hybridized carbons (Fsp3) is 0.500. The molecule has 0 bridgehead atoms. The van der Waals surface area contributed by atoms with Crippen LogP contribution in [0.25, 0.3) is 11.0 Å². The van der Waals surface area contributed by atoms with Gasteiger partial charge in [0.05, 0.1) is 11.6 Å². The summed E-state index contributed by atoms with van der Waals surface area (Å²) in [5.74, 6) is 0.932. The molecule has 6 nitrogen and oxygen atoms in total. The van der Waals surface area contributed by atoms with E-state index >= 15 is 0 Å². The van der Waals surface area contributed by atoms with Crippen LogP contribution in [0, 0.1) is 0 Å². The molecule has 0 aliphatic carbocycles. The Labute approximate surface area is 93.1 Å². The third kappa shape index (κ3) is 1.26. The topological polar surface area (TPSA) is 72.9 Å². The SMILES string of the molecule is Cn1ncc2c(N3CC(C)(N)C3)ncnc21. The number of rotatable bonds is 1. The van der Waals surface area contributed by atoms with E-state index in [1.807, 2.05) is 14.0 Å². The van der Waals surface area contributed by atoms with Gasteiger partial charge in [-0.3, -0.25) is 4.68 Å². The van der Waals surface area contributed by atoms with Crippen LogP contribution in [-0.2, 0) is 7.05 Å². The molecule has 3 heterocycles. The molecule has 1 aliphatic heterocycles. The fourth-order valence-corrected chi connectivity index (χ4v) is 2.18. The molecule has 3 rings (SSSR count). The van der Waals surface area contributed by atoms with E-state index in [0.717, 1.165) is 29.9 Å². The van der Waals surface area contributed by atoms with E-state index in [2.05, 4.69) is 20.0 Å². The zero-order valence-electron chi connectivity index (χ0n) is 9.38. The molecule has 0 radical (unpaired) electrons. The van der Waals surface area contributed by atoms with Gasteiger partial charge in [-0.25, -0.2) is 9.97 Å². The molecule has 0 atom stereocenters. The van der Waals surface area contributed by atoms with Crippen molar-refractivity contribution in [3.05, 3.63) is 12.5 Å². The van der Waals surface area contributed by atoms with E-state index < -0.39 is 0 Å². The normalized spacial score (nSPS) is 18.8. The Kier molecular flexibility index (Phi) is 1.74. The van der Waals surface area contributed by atoms with E-state index in [0.29, 0.717) is 0 Å². The van der Waals surface area contributed by atoms with Gasteiger partial charge in [-0.05, 0) is 6.92 Å². The van der Waals surface area contributed by atoms with Crippen LogP contribution in [0.2, 0.25) is 0 Å². The third-order valence-electron chi connectivity index (χ3n) is 2.91. The van der Waals surface area contributed by atoms with Crippen molar-refractivity contribution >= 4 is 16.9 Å². The Hall–Kier alpha value is -1.69. The summed E-state index contributed by atoms with van der Waals surface area (Å²) >= 11 is 0. The molecular formula is C10H14N6. The van der Waals surface area contributed by atoms with E-state index in [4.69, 9.17) is 5.73 Å². The Morgan fingerprint density at radius 1 is 1.38 bits per heavy atom. The van der Waals surface area contributed by atoms with Crippen molar-refractivity contribution < 1.29 is 0 Å². The first kappa shape index (κ1) is 9.53. The lowest BCUT2D eigenvalue weighted by molar-refractivity contribution is 0.363. The van der Waals surface area contributed by atoms with Crippen molar-refractivity contribution in [3.8, 4) is 0 Å². The average molecular weight is 218 g/mol. The smallest absolute Gasteiger partial charge is 0.163 e. The molecule has 0 spiro atoms. The van der Waals surface area contributed by atoms with Crippen LogP contribution in [0.5, 0.6) is 0 Å². The molecule has 0 unspecified atom stereocenters. The summed E-state index contributed by atoms with van der Waals surface area (Å²) in [4.78, 5) is 10.7. The quantitative estimate of drug-likeness (QED) is 0.723. The Morgan fingerprint density at radius 2 is 2.12 bits per heavy atom. The minimum Gasteiger partial charge on any atom is -0.352 e. The summed E-state index contributed by atoms with van der Waals surface area (Å²) in [5, 5.41) is 5.18. The fourth-order valence-electron chi connectivity index (χ4n) is 2.18. The lowest BCUT2D eigenvalue weighted by Gasteiger charge is -2.46. The van der Waals surface area contributed by atoms with Crippen LogP contribution in [0.4, 0.5) is 5.82 Å². The molecule has 1 aliphatic rings. The second-order valence-electron chi connectivity index (χ2n) is 4.71. The first-order valence-electron chi connectivity index (χ1n) is 5.23. The zero-order valence-corrected chi connectivity index (χ0v) is 9.38. The van der Waals surface area contributed by atoms with Crippen molar-refractivity contribution in [3.63, 3.8) is 0 Å². The number of hydrogen-bond acceptors (Lipinski definition) is 5. The maximum Gasteiger partial charge on any atom is 0.163 e. The standard InChI is InChI=1S/C10H14N6/c1-10(11)4-16(5-10)9-7-3-14-15(2)8(7)12-6-13-9/h3,6H,4-5,11H2,1-2H3. The number of aromatic nitrogens is 4. The van der Waals surface area contributed by atoms with E-state index in [-0.39, 0.29) is 5.54 Å². The summed E-state index contributed by atoms with van der Waals surface area (Å²) in [6.07, 6.45) is 3.38. The highest BCUT2D eigenvalue weighted by Crippen LogP contribution is 2.28. The number of nitrogens with zero attached hydrogens (tertiary/aromatic N) is 5. The molecule has 2 aromatic heterocycles. The van der Waals surface area contributed by atoms with Crippen LogP contribution in [0.3, 0.4) is 0 Å². The van der Waals surface area contributed by atoms with Crippen LogP contribution in [0.1, 0.15) is 6.92 Å². The summed E-state index contributed by atoms with van der Waals surface area (Å²) < 4.78 is 1.75. The van der Waals surface area contributed by atoms with Gasteiger partial charge in [-0.1, -0.05) is 0 Å². The average Bonchev–Trinajstić information content (AvgIpc) is 2.57. The number of aryl methyl sites for hydroxylation is 1. The van der Waals surface area contributed by atoms with E-state index in [9.17, 15) is 0 Å². The second kappa shape index (κ2) is 2.91. The highest BCUT2D eigenvalue weighted by molar-refractivity contribution is 5.87. The van der Waals surface area contributed by atoms with Gasteiger partial charge in [-0.15, -0.1) is 0 Å². The predicted octanol–water partition coefficient (Wildman–Crippen LogP) is -0.0993. The van der Waals surface area contributed by atoms with Crippen molar-refractivity contribution in [2.75, 3.05) is 18.0 Å². The molecule has 0 aromatic carbocycles. The molecule has 0 saturated carbocycles. The minimum absolute atomic E-state index is 0.0977. The predicted molar refractivity (Wildman–Crippen MR) is 61.1 cm³/mol. The highest BCUT2D eigenvalue weighted by Gasteiger charge is 2.36. The first-order chi connectivity index (χ1) is 7.57. The van der Waals surface area contributed by atoms with Crippen LogP contribution >= 0.6 is 0 Å². The molecular weight excluding hydrogens is 204 g/mol. The van der Waals surface area contributed by atoms with Crippen molar-refractivity contribution in [2.24, 2.45) is 12.8 Å². The Morgan fingerprint density at radius 3 is 2.81 bits per heavy atom. The number of nitrogens with two attached hydrogens (primary N) is 1. The maximum absolute atomic E-state index is 5.99. The monoisotopic (exact) mass is 218 g/mol. The highest BCUT2D eigenvalue weighted by atomic mass is 15.3. The lowest BCUT2D eigenvalue weighted by Crippen LogP contribution is -2.65. The van der Waals surface area contributed by atoms with Gasteiger partial charge in [0.25, 0.3) is 0 Å². The molecule has 6 heteroatoms. The summed E-state index contributed by atoms with van der Waals surface area (Å²) in [6.45, 7) is 3.70. The lowest BCUT2D eigenvalue weighted by atomic mass is 9.94. The Bertz CT molecular complexity index is 535.